The number of fused-ring (bicyclic) bond motifs is 1. The first-order valence-corrected chi connectivity index (χ1v) is 6.01. The fourth-order valence-corrected chi connectivity index (χ4v) is 1.91. The summed E-state index contributed by atoms with van der Waals surface area (Å²) in [5.74, 6) is 1.48. The zero-order chi connectivity index (χ0) is 13.2. The van der Waals surface area contributed by atoms with E-state index in [1.807, 2.05) is 31.2 Å². The molecule has 3 rings (SSSR count). The van der Waals surface area contributed by atoms with Crippen molar-refractivity contribution in [3.8, 4) is 5.75 Å². The highest BCUT2D eigenvalue weighted by molar-refractivity contribution is 5.74. The van der Waals surface area contributed by atoms with Crippen molar-refractivity contribution >= 4 is 16.9 Å². The quantitative estimate of drug-likeness (QED) is 0.704. The predicted octanol–water partition coefficient (Wildman–Crippen LogP) is 2.43. The van der Waals surface area contributed by atoms with Gasteiger partial charge in [0, 0.05) is 18.0 Å². The van der Waals surface area contributed by atoms with Crippen LogP contribution in [0.15, 0.2) is 36.5 Å². The van der Waals surface area contributed by atoms with Crippen LogP contribution < -0.4 is 10.5 Å². The Morgan fingerprint density at radius 1 is 1.32 bits per heavy atom. The molecule has 96 valence electrons. The SMILES string of the molecule is Cc1ccnc2nc(COc3cccc(N)c3)[nH]c12. The zero-order valence-corrected chi connectivity index (χ0v) is 10.6. The number of nitrogens with one attached hydrogen (secondary N) is 1. The number of nitrogen functional groups attached to an aromatic ring is 1. The number of imidazole rings is 1. The molecule has 5 heteroatoms. The Balaban J connectivity index is 1.80. The van der Waals surface area contributed by atoms with Crippen LogP contribution in [0.2, 0.25) is 0 Å². The van der Waals surface area contributed by atoms with E-state index < -0.39 is 0 Å². The summed E-state index contributed by atoms with van der Waals surface area (Å²) >= 11 is 0. The van der Waals surface area contributed by atoms with Crippen LogP contribution in [-0.4, -0.2) is 15.0 Å². The lowest BCUT2D eigenvalue weighted by Crippen LogP contribution is -1.98. The van der Waals surface area contributed by atoms with Gasteiger partial charge in [-0.2, -0.15) is 0 Å². The smallest absolute Gasteiger partial charge is 0.178 e. The van der Waals surface area contributed by atoms with Gasteiger partial charge < -0.3 is 15.5 Å². The number of nitrogens with zero attached hydrogens (tertiary/aromatic N) is 2. The van der Waals surface area contributed by atoms with E-state index in [1.165, 1.54) is 0 Å². The highest BCUT2D eigenvalue weighted by Gasteiger charge is 2.06. The number of aromatic amines is 1. The molecule has 1 aromatic carbocycles. The van der Waals surface area contributed by atoms with Crippen molar-refractivity contribution in [1.29, 1.82) is 0 Å². The molecule has 0 amide bonds. The summed E-state index contributed by atoms with van der Waals surface area (Å²) in [7, 11) is 0. The summed E-state index contributed by atoms with van der Waals surface area (Å²) in [5.41, 5.74) is 9.16. The van der Waals surface area contributed by atoms with Crippen molar-refractivity contribution in [3.05, 3.63) is 47.9 Å². The molecule has 0 fully saturated rings. The summed E-state index contributed by atoms with van der Waals surface area (Å²) < 4.78 is 5.64. The van der Waals surface area contributed by atoms with Gasteiger partial charge >= 0.3 is 0 Å². The third kappa shape index (κ3) is 2.35. The van der Waals surface area contributed by atoms with Gasteiger partial charge in [0.05, 0.1) is 5.52 Å². The van der Waals surface area contributed by atoms with Gasteiger partial charge in [-0.05, 0) is 30.7 Å². The van der Waals surface area contributed by atoms with Gasteiger partial charge in [0.25, 0.3) is 0 Å². The van der Waals surface area contributed by atoms with E-state index in [1.54, 1.807) is 12.3 Å². The Hall–Kier alpha value is -2.56. The molecule has 0 spiro atoms. The molecule has 0 aliphatic heterocycles. The third-order valence-electron chi connectivity index (χ3n) is 2.88. The lowest BCUT2D eigenvalue weighted by Gasteiger charge is -2.04. The Kier molecular flexibility index (Phi) is 2.79. The Morgan fingerprint density at radius 2 is 2.21 bits per heavy atom. The highest BCUT2D eigenvalue weighted by atomic mass is 16.5. The molecule has 0 unspecified atom stereocenters. The van der Waals surface area contributed by atoms with Gasteiger partial charge in [-0.25, -0.2) is 9.97 Å². The number of aryl methyl sites for hydroxylation is 1. The number of pyridine rings is 1. The second-order valence-electron chi connectivity index (χ2n) is 4.37. The van der Waals surface area contributed by atoms with Crippen LogP contribution in [0.1, 0.15) is 11.4 Å². The number of hydrogen-bond acceptors (Lipinski definition) is 4. The average molecular weight is 254 g/mol. The molecule has 0 atom stereocenters. The summed E-state index contributed by atoms with van der Waals surface area (Å²) in [4.78, 5) is 11.8. The Bertz CT molecular complexity index is 720. The van der Waals surface area contributed by atoms with Crippen molar-refractivity contribution < 1.29 is 4.74 Å². The number of anilines is 1. The van der Waals surface area contributed by atoms with Gasteiger partial charge in [0.15, 0.2) is 5.65 Å². The fourth-order valence-electron chi connectivity index (χ4n) is 1.91. The van der Waals surface area contributed by atoms with Crippen LogP contribution in [-0.2, 0) is 6.61 Å². The van der Waals surface area contributed by atoms with Crippen molar-refractivity contribution in [3.63, 3.8) is 0 Å². The summed E-state index contributed by atoms with van der Waals surface area (Å²) in [5, 5.41) is 0. The first kappa shape index (κ1) is 11.5. The molecule has 0 aliphatic rings. The van der Waals surface area contributed by atoms with Gasteiger partial charge in [-0.1, -0.05) is 6.07 Å². The largest absolute Gasteiger partial charge is 0.486 e. The van der Waals surface area contributed by atoms with Crippen molar-refractivity contribution in [1.82, 2.24) is 15.0 Å². The molecule has 5 nitrogen and oxygen atoms in total. The van der Waals surface area contributed by atoms with E-state index in [4.69, 9.17) is 10.5 Å². The van der Waals surface area contributed by atoms with Crippen LogP contribution >= 0.6 is 0 Å². The van der Waals surface area contributed by atoms with Crippen LogP contribution in [0, 0.1) is 6.92 Å². The molecular formula is C14H14N4O. The second-order valence-corrected chi connectivity index (χ2v) is 4.37. The monoisotopic (exact) mass is 254 g/mol. The molecule has 0 bridgehead atoms. The third-order valence-corrected chi connectivity index (χ3v) is 2.88. The first-order chi connectivity index (χ1) is 9.22. The standard InChI is InChI=1S/C14H14N4O/c1-9-5-6-16-14-13(9)17-12(18-14)8-19-11-4-2-3-10(15)7-11/h2-7H,8,15H2,1H3,(H,16,17,18). The van der Waals surface area contributed by atoms with Crippen molar-refractivity contribution in [2.75, 3.05) is 5.73 Å². The topological polar surface area (TPSA) is 76.8 Å². The first-order valence-electron chi connectivity index (χ1n) is 6.01. The summed E-state index contributed by atoms with van der Waals surface area (Å²) in [6, 6.07) is 9.27. The van der Waals surface area contributed by atoms with E-state index in [-0.39, 0.29) is 0 Å². The Morgan fingerprint density at radius 3 is 3.00 bits per heavy atom. The minimum Gasteiger partial charge on any atom is -0.486 e. The average Bonchev–Trinajstić information content (AvgIpc) is 2.81. The Labute approximate surface area is 110 Å². The van der Waals surface area contributed by atoms with Gasteiger partial charge in [-0.3, -0.25) is 0 Å². The maximum Gasteiger partial charge on any atom is 0.178 e. The molecule has 0 aliphatic carbocycles. The maximum absolute atomic E-state index is 5.70. The van der Waals surface area contributed by atoms with E-state index in [0.29, 0.717) is 17.9 Å². The summed E-state index contributed by atoms with van der Waals surface area (Å²) in [6.07, 6.45) is 1.75. The van der Waals surface area contributed by atoms with Gasteiger partial charge in [0.2, 0.25) is 0 Å². The minimum absolute atomic E-state index is 0.360. The number of benzene rings is 1. The van der Waals surface area contributed by atoms with Gasteiger partial charge in [-0.15, -0.1) is 0 Å². The predicted molar refractivity (Wildman–Crippen MR) is 73.8 cm³/mol. The molecule has 3 N–H and O–H groups in total. The molecular weight excluding hydrogens is 240 g/mol. The molecule has 3 aromatic rings. The van der Waals surface area contributed by atoms with Crippen molar-refractivity contribution in [2.24, 2.45) is 0 Å². The number of H-pyrrole nitrogens is 1. The number of hydrogen-bond donors (Lipinski definition) is 2. The minimum atomic E-state index is 0.360. The lowest BCUT2D eigenvalue weighted by atomic mass is 10.3. The van der Waals surface area contributed by atoms with Crippen molar-refractivity contribution in [2.45, 2.75) is 13.5 Å². The number of ether oxygens (including phenoxy) is 1. The normalized spacial score (nSPS) is 10.8. The number of rotatable bonds is 3. The van der Waals surface area contributed by atoms with E-state index >= 15 is 0 Å². The second kappa shape index (κ2) is 4.61. The summed E-state index contributed by atoms with van der Waals surface area (Å²) in [6.45, 7) is 2.38. The molecule has 0 saturated heterocycles. The number of aromatic nitrogens is 3. The van der Waals surface area contributed by atoms with Crippen LogP contribution in [0.3, 0.4) is 0 Å². The molecule has 19 heavy (non-hydrogen) atoms. The number of nitrogens with two attached hydrogens (primary N) is 1. The zero-order valence-electron chi connectivity index (χ0n) is 10.6. The highest BCUT2D eigenvalue weighted by Crippen LogP contribution is 2.17. The van der Waals surface area contributed by atoms with E-state index in [0.717, 1.165) is 22.7 Å². The lowest BCUT2D eigenvalue weighted by molar-refractivity contribution is 0.297. The van der Waals surface area contributed by atoms with Crippen LogP contribution in [0.4, 0.5) is 5.69 Å². The van der Waals surface area contributed by atoms with E-state index in [9.17, 15) is 0 Å². The van der Waals surface area contributed by atoms with Crippen LogP contribution in [0.25, 0.3) is 11.2 Å². The molecule has 0 radical (unpaired) electrons. The molecule has 2 heterocycles. The molecule has 2 aromatic heterocycles. The maximum atomic E-state index is 5.70. The van der Waals surface area contributed by atoms with Crippen LogP contribution in [0.5, 0.6) is 5.75 Å². The van der Waals surface area contributed by atoms with E-state index in [2.05, 4.69) is 15.0 Å². The fraction of sp³-hybridized carbons (Fsp3) is 0.143. The van der Waals surface area contributed by atoms with Gasteiger partial charge in [0.1, 0.15) is 18.2 Å². The molecule has 0 saturated carbocycles.